The summed E-state index contributed by atoms with van der Waals surface area (Å²) in [6.45, 7) is 3.74. The van der Waals surface area contributed by atoms with Gasteiger partial charge in [-0.2, -0.15) is 0 Å². The van der Waals surface area contributed by atoms with E-state index < -0.39 is 11.0 Å². The molecule has 3 unspecified atom stereocenters. The first-order valence-electron chi connectivity index (χ1n) is 7.33. The van der Waals surface area contributed by atoms with Crippen molar-refractivity contribution in [2.75, 3.05) is 20.1 Å². The van der Waals surface area contributed by atoms with Crippen molar-refractivity contribution in [2.45, 2.75) is 38.0 Å². The van der Waals surface area contributed by atoms with E-state index in [1.807, 2.05) is 0 Å². The molecule has 116 valence electrons. The number of piperidine rings is 1. The molecular formula is C15H23N3O3. The largest absolute Gasteiger partial charge is 0.387 e. The SMILES string of the molecule is CC1CC(NCC(O)c2ccc([N+](=O)[O-])cc2)CCN1C. The maximum atomic E-state index is 10.6. The number of nitrogens with zero attached hydrogens (tertiary/aromatic N) is 2. The number of hydrogen-bond donors (Lipinski definition) is 2. The lowest BCUT2D eigenvalue weighted by Gasteiger charge is -2.35. The normalized spacial score (nSPS) is 24.7. The van der Waals surface area contributed by atoms with Gasteiger partial charge in [-0.3, -0.25) is 10.1 Å². The summed E-state index contributed by atoms with van der Waals surface area (Å²) < 4.78 is 0. The number of non-ortho nitro benzene ring substituents is 1. The van der Waals surface area contributed by atoms with Gasteiger partial charge in [0, 0.05) is 30.8 Å². The van der Waals surface area contributed by atoms with Crippen molar-refractivity contribution in [2.24, 2.45) is 0 Å². The lowest BCUT2D eigenvalue weighted by Crippen LogP contribution is -2.46. The lowest BCUT2D eigenvalue weighted by atomic mass is 9.98. The Bertz CT molecular complexity index is 478. The monoisotopic (exact) mass is 293 g/mol. The molecule has 6 heteroatoms. The molecule has 0 amide bonds. The lowest BCUT2D eigenvalue weighted by molar-refractivity contribution is -0.384. The van der Waals surface area contributed by atoms with Crippen molar-refractivity contribution in [1.82, 2.24) is 10.2 Å². The zero-order chi connectivity index (χ0) is 15.4. The number of rotatable bonds is 5. The molecule has 2 rings (SSSR count). The fourth-order valence-corrected chi connectivity index (χ4v) is 2.69. The predicted octanol–water partition coefficient (Wildman–Crippen LogP) is 1.70. The highest BCUT2D eigenvalue weighted by Gasteiger charge is 2.23. The van der Waals surface area contributed by atoms with Crippen LogP contribution in [-0.4, -0.2) is 47.2 Å². The third-order valence-corrected chi connectivity index (χ3v) is 4.30. The second-order valence-electron chi connectivity index (χ2n) is 5.82. The average Bonchev–Trinajstić information content (AvgIpc) is 2.48. The summed E-state index contributed by atoms with van der Waals surface area (Å²) in [4.78, 5) is 12.5. The molecule has 6 nitrogen and oxygen atoms in total. The molecule has 1 saturated heterocycles. The number of nitro groups is 1. The van der Waals surface area contributed by atoms with E-state index in [0.717, 1.165) is 19.4 Å². The minimum absolute atomic E-state index is 0.0445. The maximum absolute atomic E-state index is 10.6. The van der Waals surface area contributed by atoms with E-state index in [1.165, 1.54) is 12.1 Å². The zero-order valence-corrected chi connectivity index (χ0v) is 12.5. The van der Waals surface area contributed by atoms with Gasteiger partial charge in [-0.1, -0.05) is 0 Å². The van der Waals surface area contributed by atoms with Crippen LogP contribution in [-0.2, 0) is 0 Å². The van der Waals surface area contributed by atoms with E-state index in [2.05, 4.69) is 24.2 Å². The van der Waals surface area contributed by atoms with E-state index in [9.17, 15) is 15.2 Å². The van der Waals surface area contributed by atoms with Crippen LogP contribution in [0.2, 0.25) is 0 Å². The Kier molecular flexibility index (Phi) is 5.27. The van der Waals surface area contributed by atoms with Crippen molar-refractivity contribution >= 4 is 5.69 Å². The second-order valence-corrected chi connectivity index (χ2v) is 5.82. The molecule has 1 aliphatic heterocycles. The Morgan fingerprint density at radius 1 is 1.48 bits per heavy atom. The fourth-order valence-electron chi connectivity index (χ4n) is 2.69. The third-order valence-electron chi connectivity index (χ3n) is 4.30. The first-order chi connectivity index (χ1) is 9.97. The molecular weight excluding hydrogens is 270 g/mol. The highest BCUT2D eigenvalue weighted by molar-refractivity contribution is 5.33. The van der Waals surface area contributed by atoms with Crippen molar-refractivity contribution in [1.29, 1.82) is 0 Å². The van der Waals surface area contributed by atoms with Crippen molar-refractivity contribution in [3.05, 3.63) is 39.9 Å². The maximum Gasteiger partial charge on any atom is 0.269 e. The summed E-state index contributed by atoms with van der Waals surface area (Å²) in [5.74, 6) is 0. The molecule has 3 atom stereocenters. The fraction of sp³-hybridized carbons (Fsp3) is 0.600. The first-order valence-corrected chi connectivity index (χ1v) is 7.33. The van der Waals surface area contributed by atoms with E-state index in [0.29, 0.717) is 24.2 Å². The molecule has 0 aromatic heterocycles. The van der Waals surface area contributed by atoms with Gasteiger partial charge in [-0.25, -0.2) is 0 Å². The molecule has 0 bridgehead atoms. The van der Waals surface area contributed by atoms with Gasteiger partial charge in [0.05, 0.1) is 11.0 Å². The van der Waals surface area contributed by atoms with Crippen LogP contribution in [0.25, 0.3) is 0 Å². The molecule has 1 heterocycles. The zero-order valence-electron chi connectivity index (χ0n) is 12.5. The standard InChI is InChI=1S/C15H23N3O3/c1-11-9-13(7-8-17(11)2)16-10-15(19)12-3-5-14(6-4-12)18(20)21/h3-6,11,13,15-16,19H,7-10H2,1-2H3. The summed E-state index contributed by atoms with van der Waals surface area (Å²) in [6, 6.07) is 7.05. The van der Waals surface area contributed by atoms with Crippen molar-refractivity contribution < 1.29 is 10.0 Å². The third kappa shape index (κ3) is 4.23. The van der Waals surface area contributed by atoms with Crippen molar-refractivity contribution in [3.63, 3.8) is 0 Å². The van der Waals surface area contributed by atoms with Crippen LogP contribution in [0.1, 0.15) is 31.4 Å². The summed E-state index contributed by atoms with van der Waals surface area (Å²) in [6.07, 6.45) is 1.51. The van der Waals surface area contributed by atoms with E-state index in [-0.39, 0.29) is 5.69 Å². The summed E-state index contributed by atoms with van der Waals surface area (Å²) in [7, 11) is 2.13. The van der Waals surface area contributed by atoms with Gasteiger partial charge in [0.2, 0.25) is 0 Å². The summed E-state index contributed by atoms with van der Waals surface area (Å²) in [5, 5.41) is 24.2. The smallest absolute Gasteiger partial charge is 0.269 e. The van der Waals surface area contributed by atoms with Crippen molar-refractivity contribution in [3.8, 4) is 0 Å². The predicted molar refractivity (Wildman–Crippen MR) is 81.2 cm³/mol. The number of aliphatic hydroxyl groups is 1. The quantitative estimate of drug-likeness (QED) is 0.638. The van der Waals surface area contributed by atoms with E-state index in [4.69, 9.17) is 0 Å². The van der Waals surface area contributed by atoms with E-state index in [1.54, 1.807) is 12.1 Å². The molecule has 0 radical (unpaired) electrons. The van der Waals surface area contributed by atoms with Gasteiger partial charge in [0.1, 0.15) is 0 Å². The molecule has 0 saturated carbocycles. The topological polar surface area (TPSA) is 78.6 Å². The van der Waals surface area contributed by atoms with Crippen LogP contribution in [0.5, 0.6) is 0 Å². The van der Waals surface area contributed by atoms with Gasteiger partial charge < -0.3 is 15.3 Å². The Labute approximate surface area is 124 Å². The highest BCUT2D eigenvalue weighted by Crippen LogP contribution is 2.19. The van der Waals surface area contributed by atoms with Crippen LogP contribution >= 0.6 is 0 Å². The van der Waals surface area contributed by atoms with Gasteiger partial charge in [-0.15, -0.1) is 0 Å². The minimum atomic E-state index is -0.638. The number of nitrogens with one attached hydrogen (secondary N) is 1. The Hall–Kier alpha value is -1.50. The molecule has 21 heavy (non-hydrogen) atoms. The minimum Gasteiger partial charge on any atom is -0.387 e. The van der Waals surface area contributed by atoms with E-state index >= 15 is 0 Å². The summed E-state index contributed by atoms with van der Waals surface area (Å²) >= 11 is 0. The number of hydrogen-bond acceptors (Lipinski definition) is 5. The van der Waals surface area contributed by atoms with Gasteiger partial charge in [0.15, 0.2) is 0 Å². The molecule has 0 spiro atoms. The number of likely N-dealkylation sites (tertiary alicyclic amines) is 1. The summed E-state index contributed by atoms with van der Waals surface area (Å²) in [5.41, 5.74) is 0.747. The number of benzene rings is 1. The molecule has 1 aromatic rings. The highest BCUT2D eigenvalue weighted by atomic mass is 16.6. The average molecular weight is 293 g/mol. The Balaban J connectivity index is 1.84. The van der Waals surface area contributed by atoms with Crippen LogP contribution in [0.15, 0.2) is 24.3 Å². The number of aliphatic hydroxyl groups excluding tert-OH is 1. The first kappa shape index (κ1) is 15.9. The number of nitro benzene ring substituents is 1. The van der Waals surface area contributed by atoms with Gasteiger partial charge in [0.25, 0.3) is 5.69 Å². The van der Waals surface area contributed by atoms with Gasteiger partial charge in [-0.05, 0) is 51.1 Å². The molecule has 2 N–H and O–H groups in total. The molecule has 0 aliphatic carbocycles. The van der Waals surface area contributed by atoms with Crippen LogP contribution in [0.3, 0.4) is 0 Å². The van der Waals surface area contributed by atoms with Crippen LogP contribution in [0, 0.1) is 10.1 Å². The second kappa shape index (κ2) is 6.98. The Morgan fingerprint density at radius 3 is 2.71 bits per heavy atom. The molecule has 1 aliphatic rings. The Morgan fingerprint density at radius 2 is 2.14 bits per heavy atom. The molecule has 1 fully saturated rings. The van der Waals surface area contributed by atoms with Crippen LogP contribution in [0.4, 0.5) is 5.69 Å². The molecule has 1 aromatic carbocycles. The van der Waals surface area contributed by atoms with Gasteiger partial charge >= 0.3 is 0 Å². The van der Waals surface area contributed by atoms with Crippen LogP contribution < -0.4 is 5.32 Å².